The van der Waals surface area contributed by atoms with E-state index in [2.05, 4.69) is 23.5 Å². The molecule has 0 spiro atoms. The minimum atomic E-state index is 0.684. The summed E-state index contributed by atoms with van der Waals surface area (Å²) < 4.78 is 4.24. The van der Waals surface area contributed by atoms with Crippen molar-refractivity contribution in [2.24, 2.45) is 5.92 Å². The first-order valence-electron chi connectivity index (χ1n) is 5.71. The molecule has 1 aromatic rings. The predicted octanol–water partition coefficient (Wildman–Crippen LogP) is 3.06. The number of rotatable bonds is 5. The van der Waals surface area contributed by atoms with Crippen LogP contribution < -0.4 is 11.1 Å². The zero-order valence-electron chi connectivity index (χ0n) is 9.42. The minimum absolute atomic E-state index is 0.684. The molecule has 15 heavy (non-hydrogen) atoms. The molecular formula is C11H19N3S. The molecule has 0 aliphatic heterocycles. The molecule has 4 heteroatoms. The van der Waals surface area contributed by atoms with Crippen molar-refractivity contribution >= 4 is 22.4 Å². The number of nitrogen functional groups attached to an aromatic ring is 1. The van der Waals surface area contributed by atoms with Crippen LogP contribution in [0.3, 0.4) is 0 Å². The number of nitrogens with zero attached hydrogens (tertiary/aromatic N) is 1. The van der Waals surface area contributed by atoms with Crippen molar-refractivity contribution in [2.75, 3.05) is 17.6 Å². The van der Waals surface area contributed by atoms with Crippen LogP contribution in [0.1, 0.15) is 44.6 Å². The van der Waals surface area contributed by atoms with Crippen LogP contribution in [0.5, 0.6) is 0 Å². The molecule has 3 nitrogen and oxygen atoms in total. The Morgan fingerprint density at radius 1 is 1.60 bits per heavy atom. The van der Waals surface area contributed by atoms with Gasteiger partial charge >= 0.3 is 0 Å². The summed E-state index contributed by atoms with van der Waals surface area (Å²) >= 11 is 1.51. The molecule has 0 amide bonds. The highest BCUT2D eigenvalue weighted by Gasteiger charge is 2.30. The van der Waals surface area contributed by atoms with Crippen molar-refractivity contribution in [3.05, 3.63) is 5.56 Å². The summed E-state index contributed by atoms with van der Waals surface area (Å²) in [5.74, 6) is 2.14. The summed E-state index contributed by atoms with van der Waals surface area (Å²) in [4.78, 5) is 0. The third-order valence-corrected chi connectivity index (χ3v) is 3.88. The number of hydrogen-bond acceptors (Lipinski definition) is 4. The van der Waals surface area contributed by atoms with E-state index in [1.807, 2.05) is 0 Å². The Morgan fingerprint density at radius 2 is 2.33 bits per heavy atom. The number of nitrogens with one attached hydrogen (secondary N) is 1. The second-order valence-electron chi connectivity index (χ2n) is 4.48. The summed E-state index contributed by atoms with van der Waals surface area (Å²) in [6.07, 6.45) is 3.77. The van der Waals surface area contributed by atoms with Crippen LogP contribution in [0.15, 0.2) is 0 Å². The van der Waals surface area contributed by atoms with E-state index < -0.39 is 0 Å². The van der Waals surface area contributed by atoms with E-state index in [1.54, 1.807) is 0 Å². The van der Waals surface area contributed by atoms with Gasteiger partial charge in [0.2, 0.25) is 0 Å². The van der Waals surface area contributed by atoms with E-state index in [1.165, 1.54) is 41.4 Å². The van der Waals surface area contributed by atoms with E-state index in [-0.39, 0.29) is 0 Å². The summed E-state index contributed by atoms with van der Waals surface area (Å²) in [5.41, 5.74) is 7.16. The lowest BCUT2D eigenvalue weighted by Gasteiger charge is -2.10. The molecule has 1 heterocycles. The first kappa shape index (κ1) is 10.7. The summed E-state index contributed by atoms with van der Waals surface area (Å²) in [6.45, 7) is 5.50. The molecule has 2 rings (SSSR count). The molecule has 1 unspecified atom stereocenters. The molecular weight excluding hydrogens is 206 g/mol. The van der Waals surface area contributed by atoms with E-state index in [4.69, 9.17) is 5.73 Å². The zero-order valence-corrected chi connectivity index (χ0v) is 10.2. The molecule has 1 aliphatic rings. The van der Waals surface area contributed by atoms with Crippen molar-refractivity contribution < 1.29 is 0 Å². The van der Waals surface area contributed by atoms with Crippen molar-refractivity contribution in [2.45, 2.75) is 39.0 Å². The molecule has 0 bridgehead atoms. The van der Waals surface area contributed by atoms with E-state index in [0.717, 1.165) is 12.4 Å². The van der Waals surface area contributed by atoms with Gasteiger partial charge in [0, 0.05) is 12.1 Å². The average Bonchev–Trinajstić information content (AvgIpc) is 3.00. The SMILES string of the molecule is CCC(C)CNc1snc(N)c1C1CC1. The van der Waals surface area contributed by atoms with Crippen LogP contribution in [-0.2, 0) is 0 Å². The van der Waals surface area contributed by atoms with Crippen LogP contribution in [0.2, 0.25) is 0 Å². The van der Waals surface area contributed by atoms with Crippen LogP contribution >= 0.6 is 11.5 Å². The molecule has 0 radical (unpaired) electrons. The summed E-state index contributed by atoms with van der Waals surface area (Å²) in [6, 6.07) is 0. The fourth-order valence-electron chi connectivity index (χ4n) is 1.61. The summed E-state index contributed by atoms with van der Waals surface area (Å²) in [5, 5.41) is 4.69. The van der Waals surface area contributed by atoms with E-state index >= 15 is 0 Å². The first-order chi connectivity index (χ1) is 7.22. The Balaban J connectivity index is 2.01. The monoisotopic (exact) mass is 225 g/mol. The molecule has 84 valence electrons. The van der Waals surface area contributed by atoms with Crippen LogP contribution in [0.25, 0.3) is 0 Å². The van der Waals surface area contributed by atoms with Crippen LogP contribution in [0, 0.1) is 5.92 Å². The van der Waals surface area contributed by atoms with Crippen molar-refractivity contribution in [3.63, 3.8) is 0 Å². The lowest BCUT2D eigenvalue weighted by molar-refractivity contribution is 0.594. The Kier molecular flexibility index (Phi) is 3.14. The van der Waals surface area contributed by atoms with Gasteiger partial charge in [-0.15, -0.1) is 0 Å². The highest BCUT2D eigenvalue weighted by molar-refractivity contribution is 7.10. The topological polar surface area (TPSA) is 50.9 Å². The summed E-state index contributed by atoms with van der Waals surface area (Å²) in [7, 11) is 0. The molecule has 1 aromatic heterocycles. The average molecular weight is 225 g/mol. The molecule has 1 aliphatic carbocycles. The zero-order chi connectivity index (χ0) is 10.8. The maximum atomic E-state index is 5.88. The quantitative estimate of drug-likeness (QED) is 0.809. The fourth-order valence-corrected chi connectivity index (χ4v) is 2.42. The molecule has 1 fully saturated rings. The second kappa shape index (κ2) is 4.39. The molecule has 0 saturated heterocycles. The van der Waals surface area contributed by atoms with Crippen LogP contribution in [-0.4, -0.2) is 10.9 Å². The third-order valence-electron chi connectivity index (χ3n) is 3.05. The fraction of sp³-hybridized carbons (Fsp3) is 0.727. The predicted molar refractivity (Wildman–Crippen MR) is 66.4 cm³/mol. The first-order valence-corrected chi connectivity index (χ1v) is 6.48. The molecule has 0 aromatic carbocycles. The highest BCUT2D eigenvalue weighted by Crippen LogP contribution is 2.47. The largest absolute Gasteiger partial charge is 0.383 e. The molecule has 3 N–H and O–H groups in total. The van der Waals surface area contributed by atoms with Gasteiger partial charge in [0.25, 0.3) is 0 Å². The van der Waals surface area contributed by atoms with Gasteiger partial charge in [-0.1, -0.05) is 20.3 Å². The van der Waals surface area contributed by atoms with Crippen molar-refractivity contribution in [1.82, 2.24) is 4.37 Å². The Labute approximate surface area is 95.2 Å². The standard InChI is InChI=1S/C11H19N3S/c1-3-7(2)6-13-11-9(8-4-5-8)10(12)14-15-11/h7-8,13H,3-6H2,1-2H3,(H2,12,14). The van der Waals surface area contributed by atoms with E-state index in [9.17, 15) is 0 Å². The van der Waals surface area contributed by atoms with Gasteiger partial charge in [0.1, 0.15) is 10.8 Å². The lowest BCUT2D eigenvalue weighted by atomic mass is 10.1. The van der Waals surface area contributed by atoms with Crippen LogP contribution in [0.4, 0.5) is 10.8 Å². The smallest absolute Gasteiger partial charge is 0.142 e. The third kappa shape index (κ3) is 2.43. The van der Waals surface area contributed by atoms with Gasteiger partial charge in [-0.25, -0.2) is 0 Å². The Morgan fingerprint density at radius 3 is 2.93 bits per heavy atom. The maximum Gasteiger partial charge on any atom is 0.142 e. The highest BCUT2D eigenvalue weighted by atomic mass is 32.1. The Hall–Kier alpha value is -0.770. The minimum Gasteiger partial charge on any atom is -0.383 e. The number of anilines is 2. The lowest BCUT2D eigenvalue weighted by Crippen LogP contribution is -2.10. The van der Waals surface area contributed by atoms with Gasteiger partial charge < -0.3 is 11.1 Å². The second-order valence-corrected chi connectivity index (χ2v) is 5.25. The molecule has 1 atom stereocenters. The number of aromatic nitrogens is 1. The van der Waals surface area contributed by atoms with Gasteiger partial charge in [-0.3, -0.25) is 0 Å². The normalized spacial score (nSPS) is 17.7. The van der Waals surface area contributed by atoms with Crippen molar-refractivity contribution in [3.8, 4) is 0 Å². The van der Waals surface area contributed by atoms with Gasteiger partial charge in [0.15, 0.2) is 0 Å². The van der Waals surface area contributed by atoms with Gasteiger partial charge in [0.05, 0.1) is 0 Å². The van der Waals surface area contributed by atoms with Crippen molar-refractivity contribution in [1.29, 1.82) is 0 Å². The number of hydrogen-bond donors (Lipinski definition) is 2. The molecule has 1 saturated carbocycles. The Bertz CT molecular complexity index is 331. The van der Waals surface area contributed by atoms with Gasteiger partial charge in [-0.05, 0) is 36.2 Å². The van der Waals surface area contributed by atoms with Gasteiger partial charge in [-0.2, -0.15) is 4.37 Å². The van der Waals surface area contributed by atoms with E-state index in [0.29, 0.717) is 11.8 Å². The number of nitrogens with two attached hydrogens (primary N) is 1. The maximum absolute atomic E-state index is 5.88.